The molecule has 0 aliphatic carbocycles. The highest BCUT2D eigenvalue weighted by Gasteiger charge is 2.06. The number of hydrogen-bond donors (Lipinski definition) is 1. The number of nitrogens with zero attached hydrogens (tertiary/aromatic N) is 3. The van der Waals surface area contributed by atoms with Gasteiger partial charge in [-0.05, 0) is 40.0 Å². The lowest BCUT2D eigenvalue weighted by Crippen LogP contribution is -2.08. The minimum absolute atomic E-state index is 0.775. The lowest BCUT2D eigenvalue weighted by atomic mass is 10.1. The fourth-order valence-electron chi connectivity index (χ4n) is 2.17. The molecule has 0 aliphatic rings. The van der Waals surface area contributed by atoms with E-state index in [1.165, 1.54) is 5.56 Å². The van der Waals surface area contributed by atoms with Crippen molar-refractivity contribution in [2.75, 3.05) is 19.0 Å². The van der Waals surface area contributed by atoms with Crippen molar-refractivity contribution in [3.8, 4) is 5.75 Å². The summed E-state index contributed by atoms with van der Waals surface area (Å²) < 4.78 is 7.94. The number of imidazole rings is 1. The van der Waals surface area contributed by atoms with Crippen molar-refractivity contribution in [2.45, 2.75) is 6.42 Å². The van der Waals surface area contributed by atoms with Gasteiger partial charge >= 0.3 is 0 Å². The van der Waals surface area contributed by atoms with Crippen LogP contribution in [-0.2, 0) is 6.42 Å². The number of methoxy groups -OCH3 is 1. The lowest BCUT2D eigenvalue weighted by molar-refractivity contribution is 0.414. The summed E-state index contributed by atoms with van der Waals surface area (Å²) in [4.78, 5) is 8.75. The zero-order valence-corrected chi connectivity index (χ0v) is 13.2. The molecule has 0 spiro atoms. The Morgan fingerprint density at radius 1 is 1.38 bits per heavy atom. The van der Waals surface area contributed by atoms with Crippen LogP contribution in [-0.4, -0.2) is 28.0 Å². The molecule has 3 rings (SSSR count). The zero-order chi connectivity index (χ0) is 14.7. The Kier molecular flexibility index (Phi) is 4.06. The Balaban J connectivity index is 1.70. The van der Waals surface area contributed by atoms with Gasteiger partial charge in [-0.2, -0.15) is 0 Å². The number of anilines is 1. The molecular formula is C15H15BrN4O. The van der Waals surface area contributed by atoms with Crippen molar-refractivity contribution < 1.29 is 4.74 Å². The van der Waals surface area contributed by atoms with Gasteiger partial charge in [0.15, 0.2) is 11.5 Å². The van der Waals surface area contributed by atoms with Crippen LogP contribution in [0.4, 0.5) is 5.82 Å². The molecule has 0 unspecified atom stereocenters. The smallest absolute Gasteiger partial charge is 0.180 e. The molecule has 6 heteroatoms. The molecule has 2 aromatic heterocycles. The number of halogens is 1. The number of rotatable bonds is 5. The first-order valence-corrected chi connectivity index (χ1v) is 7.41. The maximum absolute atomic E-state index is 5.23. The van der Waals surface area contributed by atoms with Gasteiger partial charge in [-0.25, -0.2) is 9.97 Å². The molecule has 3 aromatic rings. The summed E-state index contributed by atoms with van der Waals surface area (Å²) >= 11 is 3.41. The summed E-state index contributed by atoms with van der Waals surface area (Å²) in [6, 6.07) is 8.07. The highest BCUT2D eigenvalue weighted by molar-refractivity contribution is 9.10. The average Bonchev–Trinajstić information content (AvgIpc) is 2.95. The minimum atomic E-state index is 0.775. The van der Waals surface area contributed by atoms with Crippen molar-refractivity contribution in [1.29, 1.82) is 0 Å². The number of aromatic nitrogens is 3. The van der Waals surface area contributed by atoms with E-state index in [9.17, 15) is 0 Å². The van der Waals surface area contributed by atoms with Crippen molar-refractivity contribution in [1.82, 2.24) is 14.4 Å². The normalized spacial score (nSPS) is 10.8. The van der Waals surface area contributed by atoms with Gasteiger partial charge in [-0.1, -0.05) is 12.1 Å². The Labute approximate surface area is 131 Å². The van der Waals surface area contributed by atoms with Gasteiger partial charge in [0, 0.05) is 25.1 Å². The van der Waals surface area contributed by atoms with E-state index >= 15 is 0 Å². The molecule has 0 saturated heterocycles. The van der Waals surface area contributed by atoms with E-state index in [4.69, 9.17) is 4.74 Å². The molecule has 0 amide bonds. The summed E-state index contributed by atoms with van der Waals surface area (Å²) in [5.74, 6) is 1.65. The van der Waals surface area contributed by atoms with Crippen molar-refractivity contribution >= 4 is 27.4 Å². The molecule has 2 heterocycles. The quantitative estimate of drug-likeness (QED) is 0.770. The number of nitrogens with one attached hydrogen (secondary N) is 1. The number of hydrogen-bond acceptors (Lipinski definition) is 4. The Hall–Kier alpha value is -2.08. The van der Waals surface area contributed by atoms with Crippen LogP contribution >= 0.6 is 15.9 Å². The standard InChI is InChI=1S/C15H15BrN4O/c1-21-12-4-2-3-11(9-12)5-6-17-14-15-18-7-8-20(15)10-13(16)19-14/h2-4,7-10H,5-6H2,1H3,(H,17,19). The molecule has 1 aromatic carbocycles. The van der Waals surface area contributed by atoms with Gasteiger partial charge in [0.25, 0.3) is 0 Å². The number of fused-ring (bicyclic) bond motifs is 1. The number of benzene rings is 1. The molecule has 0 radical (unpaired) electrons. The molecule has 1 N–H and O–H groups in total. The summed E-state index contributed by atoms with van der Waals surface area (Å²) in [7, 11) is 1.68. The first kappa shape index (κ1) is 13.9. The van der Waals surface area contributed by atoms with E-state index in [0.717, 1.165) is 34.8 Å². The average molecular weight is 347 g/mol. The summed E-state index contributed by atoms with van der Waals surface area (Å²) in [6.07, 6.45) is 6.43. The monoisotopic (exact) mass is 346 g/mol. The second-order valence-electron chi connectivity index (χ2n) is 4.60. The van der Waals surface area contributed by atoms with Crippen LogP contribution in [0.25, 0.3) is 5.65 Å². The largest absolute Gasteiger partial charge is 0.497 e. The van der Waals surface area contributed by atoms with Crippen molar-refractivity contribution in [2.24, 2.45) is 0 Å². The van der Waals surface area contributed by atoms with Gasteiger partial charge in [0.2, 0.25) is 0 Å². The van der Waals surface area contributed by atoms with Crippen LogP contribution in [0, 0.1) is 0 Å². The van der Waals surface area contributed by atoms with E-state index < -0.39 is 0 Å². The van der Waals surface area contributed by atoms with E-state index in [-0.39, 0.29) is 0 Å². The van der Waals surface area contributed by atoms with Gasteiger partial charge in [-0.15, -0.1) is 0 Å². The highest BCUT2D eigenvalue weighted by atomic mass is 79.9. The first-order valence-electron chi connectivity index (χ1n) is 6.62. The molecule has 0 saturated carbocycles. The fraction of sp³-hybridized carbons (Fsp3) is 0.200. The number of ether oxygens (including phenoxy) is 1. The van der Waals surface area contributed by atoms with E-state index in [1.54, 1.807) is 13.3 Å². The molecule has 108 valence electrons. The summed E-state index contributed by atoms with van der Waals surface area (Å²) in [6.45, 7) is 0.777. The van der Waals surface area contributed by atoms with Crippen LogP contribution in [0.5, 0.6) is 5.75 Å². The minimum Gasteiger partial charge on any atom is -0.497 e. The maximum Gasteiger partial charge on any atom is 0.180 e. The molecule has 0 fully saturated rings. The van der Waals surface area contributed by atoms with E-state index in [1.807, 2.05) is 35.0 Å². The van der Waals surface area contributed by atoms with Gasteiger partial charge < -0.3 is 14.5 Å². The van der Waals surface area contributed by atoms with Crippen LogP contribution in [0.15, 0.2) is 47.5 Å². The van der Waals surface area contributed by atoms with Crippen LogP contribution < -0.4 is 10.1 Å². The second kappa shape index (κ2) is 6.13. The SMILES string of the molecule is COc1cccc(CCNc2nc(Br)cn3ccnc23)c1. The van der Waals surface area contributed by atoms with Crippen molar-refractivity contribution in [3.63, 3.8) is 0 Å². The predicted octanol–water partition coefficient (Wildman–Crippen LogP) is 3.16. The topological polar surface area (TPSA) is 51.5 Å². The summed E-state index contributed by atoms with van der Waals surface area (Å²) in [5, 5.41) is 3.34. The maximum atomic E-state index is 5.23. The third-order valence-corrected chi connectivity index (χ3v) is 3.57. The molecule has 0 bridgehead atoms. The zero-order valence-electron chi connectivity index (χ0n) is 11.6. The van der Waals surface area contributed by atoms with Gasteiger partial charge in [0.05, 0.1) is 7.11 Å². The van der Waals surface area contributed by atoms with Gasteiger partial charge in [0.1, 0.15) is 10.4 Å². The first-order chi connectivity index (χ1) is 10.3. The molecule has 5 nitrogen and oxygen atoms in total. The molecule has 21 heavy (non-hydrogen) atoms. The van der Waals surface area contributed by atoms with Crippen LogP contribution in [0.2, 0.25) is 0 Å². The second-order valence-corrected chi connectivity index (χ2v) is 5.41. The van der Waals surface area contributed by atoms with Gasteiger partial charge in [-0.3, -0.25) is 0 Å². The third-order valence-electron chi connectivity index (χ3n) is 3.18. The van der Waals surface area contributed by atoms with Crippen LogP contribution in [0.3, 0.4) is 0 Å². The highest BCUT2D eigenvalue weighted by Crippen LogP contribution is 2.17. The molecule has 0 aliphatic heterocycles. The third kappa shape index (κ3) is 3.16. The van der Waals surface area contributed by atoms with Crippen LogP contribution in [0.1, 0.15) is 5.56 Å². The Morgan fingerprint density at radius 2 is 2.29 bits per heavy atom. The predicted molar refractivity (Wildman–Crippen MR) is 85.9 cm³/mol. The van der Waals surface area contributed by atoms with E-state index in [2.05, 4.69) is 37.3 Å². The lowest BCUT2D eigenvalue weighted by Gasteiger charge is -2.08. The summed E-state index contributed by atoms with van der Waals surface area (Å²) in [5.41, 5.74) is 2.04. The molecule has 0 atom stereocenters. The Morgan fingerprint density at radius 3 is 3.14 bits per heavy atom. The molecular weight excluding hydrogens is 332 g/mol. The van der Waals surface area contributed by atoms with Crippen molar-refractivity contribution in [3.05, 3.63) is 53.0 Å². The fourth-order valence-corrected chi connectivity index (χ4v) is 2.57. The Bertz CT molecular complexity index is 756. The van der Waals surface area contributed by atoms with E-state index in [0.29, 0.717) is 0 Å².